The summed E-state index contributed by atoms with van der Waals surface area (Å²) in [6, 6.07) is 10.4. The van der Waals surface area contributed by atoms with E-state index in [9.17, 15) is 9.59 Å². The van der Waals surface area contributed by atoms with Crippen LogP contribution in [0.1, 0.15) is 51.5 Å². The molecule has 25 heavy (non-hydrogen) atoms. The molecule has 4 heteroatoms. The van der Waals surface area contributed by atoms with Crippen LogP contribution in [-0.4, -0.2) is 40.7 Å². The third-order valence-corrected chi connectivity index (χ3v) is 5.93. The fourth-order valence-electron chi connectivity index (χ4n) is 4.40. The van der Waals surface area contributed by atoms with Crippen molar-refractivity contribution in [2.45, 2.75) is 58.5 Å². The van der Waals surface area contributed by atoms with Gasteiger partial charge < -0.3 is 9.80 Å². The molecule has 0 aromatic heterocycles. The van der Waals surface area contributed by atoms with Crippen molar-refractivity contribution in [3.8, 4) is 0 Å². The standard InChI is InChI=1S/C21H30N2O2/c1-3-17(4-2)21(25)22-14-18-11-8-12-20(24)23(19(18)15-22)13-16-9-6-5-7-10-16/h5-7,9-10,17-19H,3-4,8,11-15H2,1-2H3/t18-,19+/m1/s1. The molecule has 0 aliphatic carbocycles. The molecule has 0 bridgehead atoms. The maximum atomic E-state index is 12.8. The first-order valence-electron chi connectivity index (χ1n) is 9.76. The van der Waals surface area contributed by atoms with Gasteiger partial charge in [-0.15, -0.1) is 0 Å². The number of carbonyl (C=O) groups excluding carboxylic acids is 2. The number of rotatable bonds is 5. The van der Waals surface area contributed by atoms with Crippen LogP contribution in [0.15, 0.2) is 30.3 Å². The first-order chi connectivity index (χ1) is 12.1. The molecule has 136 valence electrons. The van der Waals surface area contributed by atoms with Crippen molar-refractivity contribution < 1.29 is 9.59 Å². The molecule has 0 saturated carbocycles. The van der Waals surface area contributed by atoms with Crippen molar-refractivity contribution in [2.24, 2.45) is 11.8 Å². The molecule has 2 atom stereocenters. The Bertz CT molecular complexity index is 597. The second kappa shape index (κ2) is 8.03. The molecule has 2 saturated heterocycles. The van der Waals surface area contributed by atoms with Crippen LogP contribution in [0, 0.1) is 11.8 Å². The third-order valence-electron chi connectivity index (χ3n) is 5.93. The largest absolute Gasteiger partial charge is 0.340 e. The van der Waals surface area contributed by atoms with Crippen LogP contribution in [0.3, 0.4) is 0 Å². The van der Waals surface area contributed by atoms with Gasteiger partial charge in [0.15, 0.2) is 0 Å². The number of hydrogen-bond acceptors (Lipinski definition) is 2. The maximum Gasteiger partial charge on any atom is 0.225 e. The second-order valence-electron chi connectivity index (χ2n) is 7.48. The molecule has 0 spiro atoms. The van der Waals surface area contributed by atoms with E-state index in [0.29, 0.717) is 25.4 Å². The molecule has 1 aromatic rings. The summed E-state index contributed by atoms with van der Waals surface area (Å²) in [5.74, 6) is 1.08. The maximum absolute atomic E-state index is 12.8. The Morgan fingerprint density at radius 3 is 2.56 bits per heavy atom. The van der Waals surface area contributed by atoms with Gasteiger partial charge in [-0.05, 0) is 37.2 Å². The molecule has 1 aromatic carbocycles. The summed E-state index contributed by atoms with van der Waals surface area (Å²) in [5, 5.41) is 0. The lowest BCUT2D eigenvalue weighted by Crippen LogP contribution is -2.43. The fraction of sp³-hybridized carbons (Fsp3) is 0.619. The van der Waals surface area contributed by atoms with E-state index in [0.717, 1.165) is 32.2 Å². The zero-order valence-electron chi connectivity index (χ0n) is 15.5. The molecule has 2 aliphatic rings. The summed E-state index contributed by atoms with van der Waals surface area (Å²) in [5.41, 5.74) is 1.17. The SMILES string of the molecule is CCC(CC)C(=O)N1C[C@H]2CCCC(=O)N(Cc3ccccc3)[C@H]2C1. The Morgan fingerprint density at radius 2 is 1.88 bits per heavy atom. The molecular weight excluding hydrogens is 312 g/mol. The molecule has 0 radical (unpaired) electrons. The average Bonchev–Trinajstić information content (AvgIpc) is 2.99. The molecule has 2 heterocycles. The van der Waals surface area contributed by atoms with Crippen molar-refractivity contribution in [3.05, 3.63) is 35.9 Å². The lowest BCUT2D eigenvalue weighted by atomic mass is 9.98. The zero-order valence-corrected chi connectivity index (χ0v) is 15.5. The van der Waals surface area contributed by atoms with Crippen LogP contribution in [0.2, 0.25) is 0 Å². The van der Waals surface area contributed by atoms with E-state index in [-0.39, 0.29) is 23.8 Å². The molecule has 2 fully saturated rings. The number of fused-ring (bicyclic) bond motifs is 1. The van der Waals surface area contributed by atoms with E-state index in [2.05, 4.69) is 26.0 Å². The van der Waals surface area contributed by atoms with E-state index in [1.54, 1.807) is 0 Å². The lowest BCUT2D eigenvalue weighted by molar-refractivity contribution is -0.137. The molecule has 0 unspecified atom stereocenters. The van der Waals surface area contributed by atoms with Crippen LogP contribution < -0.4 is 0 Å². The molecule has 0 N–H and O–H groups in total. The summed E-state index contributed by atoms with van der Waals surface area (Å²) in [6.45, 7) is 6.36. The smallest absolute Gasteiger partial charge is 0.225 e. The van der Waals surface area contributed by atoms with Gasteiger partial charge in [0.05, 0.1) is 6.04 Å². The Kier molecular flexibility index (Phi) is 5.77. The Hall–Kier alpha value is -1.84. The van der Waals surface area contributed by atoms with Crippen LogP contribution >= 0.6 is 0 Å². The number of likely N-dealkylation sites (tertiary alicyclic amines) is 2. The summed E-state index contributed by atoms with van der Waals surface area (Å²) >= 11 is 0. The minimum atomic E-state index is 0.126. The summed E-state index contributed by atoms with van der Waals surface area (Å²) in [7, 11) is 0. The van der Waals surface area contributed by atoms with E-state index < -0.39 is 0 Å². The summed E-state index contributed by atoms with van der Waals surface area (Å²) in [4.78, 5) is 29.6. The van der Waals surface area contributed by atoms with E-state index >= 15 is 0 Å². The molecule has 3 rings (SSSR count). The van der Waals surface area contributed by atoms with Gasteiger partial charge in [0.1, 0.15) is 0 Å². The number of benzene rings is 1. The number of amides is 2. The van der Waals surface area contributed by atoms with Gasteiger partial charge >= 0.3 is 0 Å². The van der Waals surface area contributed by atoms with Crippen LogP contribution in [-0.2, 0) is 16.1 Å². The monoisotopic (exact) mass is 342 g/mol. The Balaban J connectivity index is 1.77. The summed E-state index contributed by atoms with van der Waals surface area (Å²) in [6.07, 6.45) is 4.43. The van der Waals surface area contributed by atoms with Gasteiger partial charge in [-0.2, -0.15) is 0 Å². The lowest BCUT2D eigenvalue weighted by Gasteiger charge is -2.30. The van der Waals surface area contributed by atoms with Gasteiger partial charge in [-0.3, -0.25) is 9.59 Å². The Labute approximate surface area is 151 Å². The van der Waals surface area contributed by atoms with Gasteiger partial charge in [-0.25, -0.2) is 0 Å². The quantitative estimate of drug-likeness (QED) is 0.822. The molecule has 4 nitrogen and oxygen atoms in total. The van der Waals surface area contributed by atoms with Crippen LogP contribution in [0.5, 0.6) is 0 Å². The highest BCUT2D eigenvalue weighted by atomic mass is 16.2. The van der Waals surface area contributed by atoms with Crippen molar-refractivity contribution >= 4 is 11.8 Å². The first-order valence-corrected chi connectivity index (χ1v) is 9.76. The minimum absolute atomic E-state index is 0.126. The highest BCUT2D eigenvalue weighted by Gasteiger charge is 2.42. The average molecular weight is 342 g/mol. The van der Waals surface area contributed by atoms with Crippen molar-refractivity contribution in [1.29, 1.82) is 0 Å². The van der Waals surface area contributed by atoms with Gasteiger partial charge in [0.2, 0.25) is 11.8 Å². The van der Waals surface area contributed by atoms with Crippen molar-refractivity contribution in [1.82, 2.24) is 9.80 Å². The van der Waals surface area contributed by atoms with Gasteiger partial charge in [0, 0.05) is 32.0 Å². The van der Waals surface area contributed by atoms with Gasteiger partial charge in [0.25, 0.3) is 0 Å². The van der Waals surface area contributed by atoms with Gasteiger partial charge in [-0.1, -0.05) is 44.2 Å². The van der Waals surface area contributed by atoms with E-state index in [4.69, 9.17) is 0 Å². The number of nitrogens with zero attached hydrogens (tertiary/aromatic N) is 2. The molecule has 2 aliphatic heterocycles. The highest BCUT2D eigenvalue weighted by Crippen LogP contribution is 2.32. The van der Waals surface area contributed by atoms with E-state index in [1.807, 2.05) is 28.0 Å². The molecule has 2 amide bonds. The predicted molar refractivity (Wildman–Crippen MR) is 98.8 cm³/mol. The van der Waals surface area contributed by atoms with Crippen LogP contribution in [0.25, 0.3) is 0 Å². The zero-order chi connectivity index (χ0) is 17.8. The van der Waals surface area contributed by atoms with Crippen molar-refractivity contribution in [2.75, 3.05) is 13.1 Å². The van der Waals surface area contributed by atoms with E-state index in [1.165, 1.54) is 5.56 Å². The Morgan fingerprint density at radius 1 is 1.16 bits per heavy atom. The summed E-state index contributed by atoms with van der Waals surface area (Å²) < 4.78 is 0. The first kappa shape index (κ1) is 18.0. The highest BCUT2D eigenvalue weighted by molar-refractivity contribution is 5.80. The third kappa shape index (κ3) is 3.88. The second-order valence-corrected chi connectivity index (χ2v) is 7.48. The topological polar surface area (TPSA) is 40.6 Å². The number of carbonyl (C=O) groups is 2. The normalized spacial score (nSPS) is 23.7. The fourth-order valence-corrected chi connectivity index (χ4v) is 4.40. The minimum Gasteiger partial charge on any atom is -0.340 e. The predicted octanol–water partition coefficient (Wildman–Crippen LogP) is 3.46. The molecular formula is C21H30N2O2. The van der Waals surface area contributed by atoms with Crippen molar-refractivity contribution in [3.63, 3.8) is 0 Å². The van der Waals surface area contributed by atoms with Crippen LogP contribution in [0.4, 0.5) is 0 Å². The number of hydrogen-bond donors (Lipinski definition) is 0.